The minimum Gasteiger partial charge on any atom is -0.456 e. The molecular formula is C21H42O6Si4. The number of ether oxygens (including phenoxy) is 1. The largest absolute Gasteiger partial charge is 0.456 e. The SMILES string of the molecule is CCCCCCCCCC[Si]1(O[Si](C)(C)CCCC2CC(=O)OC2=O)[Si]OO[Si]1(C)C. The van der Waals surface area contributed by atoms with Gasteiger partial charge in [0.1, 0.15) is 0 Å². The summed E-state index contributed by atoms with van der Waals surface area (Å²) in [7, 11) is -5.56. The Morgan fingerprint density at radius 2 is 1.68 bits per heavy atom. The van der Waals surface area contributed by atoms with Gasteiger partial charge in [0.25, 0.3) is 9.28 Å². The molecule has 0 aromatic rings. The number of carbonyl (C=O) groups excluding carboxylic acids is 2. The summed E-state index contributed by atoms with van der Waals surface area (Å²) in [6, 6.07) is 2.14. The van der Waals surface area contributed by atoms with Crippen molar-refractivity contribution in [2.45, 2.75) is 116 Å². The highest BCUT2D eigenvalue weighted by molar-refractivity contribution is 7.57. The van der Waals surface area contributed by atoms with Gasteiger partial charge in [-0.3, -0.25) is 18.7 Å². The Labute approximate surface area is 194 Å². The minimum absolute atomic E-state index is 0.238. The fourth-order valence-corrected chi connectivity index (χ4v) is 30.2. The third kappa shape index (κ3) is 8.31. The number of carbonyl (C=O) groups is 2. The first-order chi connectivity index (χ1) is 14.6. The maximum atomic E-state index is 11.7. The first kappa shape index (κ1) is 27.1. The van der Waals surface area contributed by atoms with E-state index in [1.807, 2.05) is 0 Å². The number of cyclic esters (lactones) is 2. The highest BCUT2D eigenvalue weighted by Gasteiger charge is 2.61. The Bertz CT molecular complexity index is 600. The summed E-state index contributed by atoms with van der Waals surface area (Å²) >= 11 is 0. The lowest BCUT2D eigenvalue weighted by molar-refractivity contribution is -0.153. The van der Waals surface area contributed by atoms with Crippen LogP contribution in [0.1, 0.15) is 77.6 Å². The highest BCUT2D eigenvalue weighted by Crippen LogP contribution is 2.36. The summed E-state index contributed by atoms with van der Waals surface area (Å²) in [6.07, 6.45) is 12.4. The van der Waals surface area contributed by atoms with E-state index < -0.39 is 23.5 Å². The van der Waals surface area contributed by atoms with E-state index in [9.17, 15) is 9.59 Å². The molecule has 31 heavy (non-hydrogen) atoms. The molecule has 0 aromatic carbocycles. The van der Waals surface area contributed by atoms with Crippen molar-refractivity contribution >= 4 is 44.7 Å². The Kier molecular flexibility index (Phi) is 10.8. The van der Waals surface area contributed by atoms with Crippen LogP contribution in [0, 0.1) is 5.92 Å². The first-order valence-electron chi connectivity index (χ1n) is 12.2. The molecule has 2 heterocycles. The highest BCUT2D eigenvalue weighted by atomic mass is 29.6. The molecule has 0 saturated carbocycles. The molecule has 0 aromatic heterocycles. The van der Waals surface area contributed by atoms with Gasteiger partial charge in [-0.05, 0) is 44.7 Å². The van der Waals surface area contributed by atoms with Crippen molar-refractivity contribution in [3.05, 3.63) is 0 Å². The van der Waals surface area contributed by atoms with Gasteiger partial charge in [0.15, 0.2) is 8.32 Å². The molecule has 2 atom stereocenters. The second-order valence-electron chi connectivity index (χ2n) is 10.3. The van der Waals surface area contributed by atoms with Gasteiger partial charge in [0, 0.05) is 0 Å². The zero-order chi connectivity index (χ0) is 23.0. The van der Waals surface area contributed by atoms with E-state index in [0.717, 1.165) is 18.5 Å². The third-order valence-corrected chi connectivity index (χ3v) is 32.9. The number of hydrogen-bond donors (Lipinski definition) is 0. The van der Waals surface area contributed by atoms with Crippen LogP contribution >= 0.6 is 0 Å². The fourth-order valence-electron chi connectivity index (χ4n) is 4.48. The maximum Gasteiger partial charge on any atom is 0.317 e. The van der Waals surface area contributed by atoms with E-state index >= 15 is 0 Å². The van der Waals surface area contributed by atoms with E-state index in [4.69, 9.17) is 13.3 Å². The zero-order valence-electron chi connectivity index (χ0n) is 20.2. The summed E-state index contributed by atoms with van der Waals surface area (Å²) in [5, 5.41) is 0. The molecule has 6 nitrogen and oxygen atoms in total. The maximum absolute atomic E-state index is 11.7. The van der Waals surface area contributed by atoms with Crippen molar-refractivity contribution in [1.82, 2.24) is 0 Å². The summed E-state index contributed by atoms with van der Waals surface area (Å²) < 4.78 is 23.2. The lowest BCUT2D eigenvalue weighted by Gasteiger charge is -2.39. The van der Waals surface area contributed by atoms with Gasteiger partial charge in [0.2, 0.25) is 15.2 Å². The molecule has 2 aliphatic heterocycles. The normalized spacial score (nSPS) is 25.9. The van der Waals surface area contributed by atoms with Gasteiger partial charge in [-0.15, -0.1) is 0 Å². The minimum atomic E-state index is -2.04. The quantitative estimate of drug-likeness (QED) is 0.0964. The predicted molar refractivity (Wildman–Crippen MR) is 130 cm³/mol. The number of esters is 2. The molecule has 0 aliphatic carbocycles. The van der Waals surface area contributed by atoms with Crippen LogP contribution in [-0.4, -0.2) is 44.7 Å². The molecule has 10 heteroatoms. The van der Waals surface area contributed by atoms with E-state index in [1.54, 1.807) is 0 Å². The topological polar surface area (TPSA) is 71.1 Å². The molecule has 0 N–H and O–H groups in total. The van der Waals surface area contributed by atoms with E-state index in [-0.39, 0.29) is 24.3 Å². The lowest BCUT2D eigenvalue weighted by atomic mass is 10.0. The average Bonchev–Trinajstić information content (AvgIpc) is 3.14. The molecule has 0 spiro atoms. The lowest BCUT2D eigenvalue weighted by Crippen LogP contribution is -2.65. The van der Waals surface area contributed by atoms with E-state index in [2.05, 4.69) is 37.8 Å². The van der Waals surface area contributed by atoms with E-state index in [0.29, 0.717) is 15.7 Å². The van der Waals surface area contributed by atoms with Crippen molar-refractivity contribution in [2.24, 2.45) is 5.92 Å². The molecule has 178 valence electrons. The van der Waals surface area contributed by atoms with Gasteiger partial charge in [-0.25, -0.2) is 0 Å². The molecule has 2 saturated heterocycles. The van der Waals surface area contributed by atoms with Crippen LogP contribution in [0.25, 0.3) is 0 Å². The molecule has 2 fully saturated rings. The van der Waals surface area contributed by atoms with E-state index in [1.165, 1.54) is 51.4 Å². The van der Waals surface area contributed by atoms with Crippen LogP contribution in [0.4, 0.5) is 0 Å². The molecule has 0 bridgehead atoms. The summed E-state index contributed by atoms with van der Waals surface area (Å²) in [4.78, 5) is 23.0. The van der Waals surface area contributed by atoms with Crippen LogP contribution < -0.4 is 0 Å². The Morgan fingerprint density at radius 1 is 1.03 bits per heavy atom. The van der Waals surface area contributed by atoms with Crippen molar-refractivity contribution in [3.63, 3.8) is 0 Å². The number of rotatable bonds is 15. The Morgan fingerprint density at radius 3 is 2.23 bits per heavy atom. The van der Waals surface area contributed by atoms with Crippen molar-refractivity contribution in [2.75, 3.05) is 0 Å². The Balaban J connectivity index is 1.82. The molecule has 2 rings (SSSR count). The van der Waals surface area contributed by atoms with Crippen molar-refractivity contribution in [1.29, 1.82) is 0 Å². The fraction of sp³-hybridized carbons (Fsp3) is 0.905. The van der Waals surface area contributed by atoms with Gasteiger partial charge in [-0.1, -0.05) is 64.7 Å². The van der Waals surface area contributed by atoms with Crippen LogP contribution in [0.5, 0.6) is 0 Å². The third-order valence-electron chi connectivity index (χ3n) is 6.55. The van der Waals surface area contributed by atoms with Crippen molar-refractivity contribution < 1.29 is 27.6 Å². The number of unbranched alkanes of at least 4 members (excludes halogenated alkanes) is 7. The molecule has 2 aliphatic rings. The first-order valence-corrected chi connectivity index (χ1v) is 23.2. The predicted octanol–water partition coefficient (Wildman–Crippen LogP) is 5.53. The second-order valence-corrected chi connectivity index (χ2v) is 31.4. The second kappa shape index (κ2) is 12.4. The van der Waals surface area contributed by atoms with Gasteiger partial charge in [-0.2, -0.15) is 0 Å². The molecular weight excluding hydrogens is 461 g/mol. The van der Waals surface area contributed by atoms with Gasteiger partial charge < -0.3 is 8.85 Å². The Hall–Kier alpha value is -0.112. The van der Waals surface area contributed by atoms with Crippen LogP contribution in [0.15, 0.2) is 0 Å². The van der Waals surface area contributed by atoms with Crippen LogP contribution in [0.2, 0.25) is 38.3 Å². The smallest absolute Gasteiger partial charge is 0.317 e. The number of hydrogen-bond acceptors (Lipinski definition) is 6. The standard InChI is InChI=1S/C21H42O6Si4/c1-6-7-8-9-10-11-12-13-17-31(28-25-26-30(31,4)5)27-29(2,3)16-14-15-19-18-20(22)24-21(19)23/h19H,6-18H2,1-5H3. The monoisotopic (exact) mass is 502 g/mol. The zero-order valence-corrected chi connectivity index (χ0v) is 24.2. The van der Waals surface area contributed by atoms with Crippen LogP contribution in [0.3, 0.4) is 0 Å². The van der Waals surface area contributed by atoms with Crippen LogP contribution in [-0.2, 0) is 27.6 Å². The molecule has 2 radical (unpaired) electrons. The summed E-state index contributed by atoms with van der Waals surface area (Å²) in [6.45, 7) is 11.4. The summed E-state index contributed by atoms with van der Waals surface area (Å²) in [5.74, 6) is -0.987. The molecule has 2 unspecified atom stereocenters. The summed E-state index contributed by atoms with van der Waals surface area (Å²) in [5.41, 5.74) is 0. The molecule has 0 amide bonds. The average molecular weight is 503 g/mol. The van der Waals surface area contributed by atoms with Crippen molar-refractivity contribution in [3.8, 4) is 0 Å². The van der Waals surface area contributed by atoms with Gasteiger partial charge >= 0.3 is 11.9 Å². The van der Waals surface area contributed by atoms with Gasteiger partial charge in [0.05, 0.1) is 12.3 Å².